The molecule has 10 heteroatoms. The number of hydrogen-bond donors (Lipinski definition) is 1. The van der Waals surface area contributed by atoms with Gasteiger partial charge in [-0.05, 0) is 49.6 Å². The van der Waals surface area contributed by atoms with Gasteiger partial charge in [-0.15, -0.1) is 5.10 Å². The minimum Gasteiger partial charge on any atom is -0.348 e. The zero-order valence-electron chi connectivity index (χ0n) is 17.1. The van der Waals surface area contributed by atoms with Gasteiger partial charge in [-0.1, -0.05) is 35.9 Å². The number of rotatable bonds is 6. The standard InChI is InChI=1S/C22H20ClF3N4O2/c1-13(14-5-4-6-15(11-14)22(24,25)26)27-19(31)12-29-21(32)30(16-9-10-16)20(28-29)17-7-2-3-8-18(17)23/h2-8,11,13,16H,9-10,12H2,1H3,(H,27,31). The lowest BCUT2D eigenvalue weighted by atomic mass is 10.0. The number of halogens is 4. The molecule has 32 heavy (non-hydrogen) atoms. The van der Waals surface area contributed by atoms with Crippen LogP contribution in [-0.4, -0.2) is 20.3 Å². The fraction of sp³-hybridized carbons (Fsp3) is 0.318. The molecular weight excluding hydrogens is 445 g/mol. The minimum atomic E-state index is -4.47. The van der Waals surface area contributed by atoms with Crippen LogP contribution in [0.25, 0.3) is 11.4 Å². The Morgan fingerprint density at radius 3 is 2.59 bits per heavy atom. The van der Waals surface area contributed by atoms with Crippen molar-refractivity contribution in [3.05, 3.63) is 75.2 Å². The van der Waals surface area contributed by atoms with Gasteiger partial charge in [-0.3, -0.25) is 9.36 Å². The van der Waals surface area contributed by atoms with Crippen LogP contribution in [0.2, 0.25) is 5.02 Å². The quantitative estimate of drug-likeness (QED) is 0.580. The van der Waals surface area contributed by atoms with Crippen molar-refractivity contribution in [1.82, 2.24) is 19.7 Å². The third kappa shape index (κ3) is 4.57. The van der Waals surface area contributed by atoms with Crippen molar-refractivity contribution in [3.63, 3.8) is 0 Å². The van der Waals surface area contributed by atoms with Gasteiger partial charge in [-0.25, -0.2) is 9.48 Å². The van der Waals surface area contributed by atoms with E-state index in [2.05, 4.69) is 10.4 Å². The smallest absolute Gasteiger partial charge is 0.348 e. The molecule has 0 saturated heterocycles. The van der Waals surface area contributed by atoms with Gasteiger partial charge in [0.2, 0.25) is 5.91 Å². The van der Waals surface area contributed by atoms with E-state index in [0.29, 0.717) is 22.0 Å². The Labute approximate surface area is 186 Å². The Morgan fingerprint density at radius 2 is 1.94 bits per heavy atom. The molecule has 1 saturated carbocycles. The largest absolute Gasteiger partial charge is 0.416 e. The molecule has 1 unspecified atom stereocenters. The van der Waals surface area contributed by atoms with Gasteiger partial charge in [0.25, 0.3) is 0 Å². The highest BCUT2D eigenvalue weighted by atomic mass is 35.5. The van der Waals surface area contributed by atoms with Gasteiger partial charge < -0.3 is 5.32 Å². The minimum absolute atomic E-state index is 0.00890. The summed E-state index contributed by atoms with van der Waals surface area (Å²) < 4.78 is 41.5. The molecule has 1 aromatic heterocycles. The number of carbonyl (C=O) groups excluding carboxylic acids is 1. The van der Waals surface area contributed by atoms with E-state index in [1.165, 1.54) is 12.1 Å². The van der Waals surface area contributed by atoms with Crippen LogP contribution in [-0.2, 0) is 17.5 Å². The summed E-state index contributed by atoms with van der Waals surface area (Å²) in [6.07, 6.45) is -2.80. The van der Waals surface area contributed by atoms with E-state index in [4.69, 9.17) is 11.6 Å². The van der Waals surface area contributed by atoms with Crippen LogP contribution < -0.4 is 11.0 Å². The van der Waals surface area contributed by atoms with Gasteiger partial charge in [0.15, 0.2) is 5.82 Å². The summed E-state index contributed by atoms with van der Waals surface area (Å²) in [4.78, 5) is 25.5. The fourth-order valence-electron chi connectivity index (χ4n) is 3.50. The van der Waals surface area contributed by atoms with Crippen molar-refractivity contribution in [2.75, 3.05) is 0 Å². The summed E-state index contributed by atoms with van der Waals surface area (Å²) in [6, 6.07) is 11.1. The predicted octanol–water partition coefficient (Wildman–Crippen LogP) is 4.60. The molecule has 0 radical (unpaired) electrons. The van der Waals surface area contributed by atoms with E-state index in [1.54, 1.807) is 35.8 Å². The maximum atomic E-state index is 13.0. The number of nitrogens with one attached hydrogen (secondary N) is 1. The molecule has 2 aromatic carbocycles. The number of benzene rings is 2. The van der Waals surface area contributed by atoms with Gasteiger partial charge >= 0.3 is 11.9 Å². The maximum absolute atomic E-state index is 13.0. The number of amides is 1. The van der Waals surface area contributed by atoms with Crippen LogP contribution in [0, 0.1) is 0 Å². The van der Waals surface area contributed by atoms with Gasteiger partial charge in [0, 0.05) is 11.6 Å². The Balaban J connectivity index is 1.55. The lowest BCUT2D eigenvalue weighted by molar-refractivity contribution is -0.137. The highest BCUT2D eigenvalue weighted by molar-refractivity contribution is 6.33. The van der Waals surface area contributed by atoms with Gasteiger partial charge in [0.1, 0.15) is 6.54 Å². The molecule has 1 aliphatic carbocycles. The fourth-order valence-corrected chi connectivity index (χ4v) is 3.72. The number of carbonyl (C=O) groups is 1. The second-order valence-corrected chi connectivity index (χ2v) is 8.16. The first kappa shape index (κ1) is 22.1. The Morgan fingerprint density at radius 1 is 1.22 bits per heavy atom. The summed E-state index contributed by atoms with van der Waals surface area (Å²) in [5.41, 5.74) is -0.320. The molecule has 1 aliphatic rings. The molecule has 168 valence electrons. The first-order chi connectivity index (χ1) is 15.1. The number of nitrogens with zero attached hydrogens (tertiary/aromatic N) is 3. The third-order valence-electron chi connectivity index (χ3n) is 5.28. The van der Waals surface area contributed by atoms with Gasteiger partial charge in [0.05, 0.1) is 16.6 Å². The Bertz CT molecular complexity index is 1210. The van der Waals surface area contributed by atoms with Crippen molar-refractivity contribution in [2.24, 2.45) is 0 Å². The molecule has 0 aliphatic heterocycles. The zero-order valence-corrected chi connectivity index (χ0v) is 17.8. The average molecular weight is 465 g/mol. The SMILES string of the molecule is CC(NC(=O)Cn1nc(-c2ccccc2Cl)n(C2CC2)c1=O)c1cccc(C(F)(F)F)c1. The first-order valence-corrected chi connectivity index (χ1v) is 10.4. The van der Waals surface area contributed by atoms with Crippen molar-refractivity contribution in [1.29, 1.82) is 0 Å². The molecule has 1 N–H and O–H groups in total. The summed E-state index contributed by atoms with van der Waals surface area (Å²) in [6.45, 7) is 1.22. The Hall–Kier alpha value is -3.07. The van der Waals surface area contributed by atoms with Gasteiger partial charge in [-0.2, -0.15) is 13.2 Å². The van der Waals surface area contributed by atoms with Crippen LogP contribution in [0.15, 0.2) is 53.3 Å². The maximum Gasteiger partial charge on any atom is 0.416 e. The highest BCUT2D eigenvalue weighted by Crippen LogP contribution is 2.37. The van der Waals surface area contributed by atoms with Crippen molar-refractivity contribution >= 4 is 17.5 Å². The summed E-state index contributed by atoms with van der Waals surface area (Å²) in [7, 11) is 0. The average Bonchev–Trinajstić information content (AvgIpc) is 3.52. The van der Waals surface area contributed by atoms with E-state index in [-0.39, 0.29) is 12.6 Å². The van der Waals surface area contributed by atoms with Crippen molar-refractivity contribution in [2.45, 2.75) is 44.6 Å². The molecule has 3 aromatic rings. The lowest BCUT2D eigenvalue weighted by Crippen LogP contribution is -2.35. The second-order valence-electron chi connectivity index (χ2n) is 7.76. The number of hydrogen-bond acceptors (Lipinski definition) is 3. The third-order valence-corrected chi connectivity index (χ3v) is 5.61. The highest BCUT2D eigenvalue weighted by Gasteiger charge is 2.32. The summed E-state index contributed by atoms with van der Waals surface area (Å²) in [5.74, 6) is -0.148. The van der Waals surface area contributed by atoms with Crippen LogP contribution in [0.1, 0.15) is 43.0 Å². The molecule has 1 heterocycles. The summed E-state index contributed by atoms with van der Waals surface area (Å²) >= 11 is 6.28. The molecule has 0 spiro atoms. The molecule has 1 amide bonds. The second kappa shape index (κ2) is 8.46. The van der Waals surface area contributed by atoms with E-state index in [0.717, 1.165) is 29.7 Å². The zero-order chi connectivity index (χ0) is 23.0. The van der Waals surface area contributed by atoms with E-state index < -0.39 is 29.4 Å². The molecule has 1 fully saturated rings. The number of aromatic nitrogens is 3. The Kier molecular flexibility index (Phi) is 5.85. The first-order valence-electron chi connectivity index (χ1n) is 10.1. The monoisotopic (exact) mass is 464 g/mol. The van der Waals surface area contributed by atoms with Crippen LogP contribution >= 0.6 is 11.6 Å². The molecule has 6 nitrogen and oxygen atoms in total. The van der Waals surface area contributed by atoms with Crippen LogP contribution in [0.5, 0.6) is 0 Å². The van der Waals surface area contributed by atoms with E-state index >= 15 is 0 Å². The molecule has 1 atom stereocenters. The summed E-state index contributed by atoms with van der Waals surface area (Å²) in [5, 5.41) is 7.41. The molecule has 0 bridgehead atoms. The molecular formula is C22H20ClF3N4O2. The lowest BCUT2D eigenvalue weighted by Gasteiger charge is -2.16. The van der Waals surface area contributed by atoms with Crippen molar-refractivity contribution < 1.29 is 18.0 Å². The molecule has 4 rings (SSSR count). The van der Waals surface area contributed by atoms with E-state index in [9.17, 15) is 22.8 Å². The van der Waals surface area contributed by atoms with Crippen molar-refractivity contribution in [3.8, 4) is 11.4 Å². The van der Waals surface area contributed by atoms with Crippen LogP contribution in [0.3, 0.4) is 0 Å². The normalized spacial score (nSPS) is 14.9. The topological polar surface area (TPSA) is 68.9 Å². The van der Waals surface area contributed by atoms with Crippen LogP contribution in [0.4, 0.5) is 13.2 Å². The predicted molar refractivity (Wildman–Crippen MR) is 113 cm³/mol. The van der Waals surface area contributed by atoms with E-state index in [1.807, 2.05) is 0 Å². The number of alkyl halides is 3.